The third-order valence-electron chi connectivity index (χ3n) is 4.06. The summed E-state index contributed by atoms with van der Waals surface area (Å²) in [5.41, 5.74) is 4.15. The molecule has 0 bridgehead atoms. The topological polar surface area (TPSA) is 88.4 Å². The largest absolute Gasteiger partial charge is 0.351 e. The zero-order valence-corrected chi connectivity index (χ0v) is 13.5. The Bertz CT molecular complexity index is 860. The number of aromatic nitrogens is 2. The predicted molar refractivity (Wildman–Crippen MR) is 90.7 cm³/mol. The molecule has 3 rings (SSSR count). The van der Waals surface area contributed by atoms with E-state index in [4.69, 9.17) is 5.21 Å². The number of hydrogen-bond acceptors (Lipinski definition) is 5. The fourth-order valence-electron chi connectivity index (χ4n) is 2.82. The van der Waals surface area contributed by atoms with Gasteiger partial charge in [-0.3, -0.25) is 14.8 Å². The van der Waals surface area contributed by atoms with Crippen LogP contribution in [0.2, 0.25) is 0 Å². The van der Waals surface area contributed by atoms with Crippen molar-refractivity contribution in [2.75, 3.05) is 13.2 Å². The molecule has 0 aliphatic carbocycles. The average molecular weight is 328 g/mol. The lowest BCUT2D eigenvalue weighted by Gasteiger charge is -2.05. The first-order valence-electron chi connectivity index (χ1n) is 7.84. The lowest BCUT2D eigenvalue weighted by Crippen LogP contribution is -2.25. The summed E-state index contributed by atoms with van der Waals surface area (Å²) in [7, 11) is 2.00. The monoisotopic (exact) mass is 328 g/mol. The van der Waals surface area contributed by atoms with E-state index in [2.05, 4.69) is 31.8 Å². The molecule has 0 atom stereocenters. The third-order valence-corrected chi connectivity index (χ3v) is 4.06. The second kappa shape index (κ2) is 7.39. The number of carbonyl (C=O) groups is 1. The molecule has 0 fully saturated rings. The third kappa shape index (κ3) is 3.23. The zero-order valence-electron chi connectivity index (χ0n) is 13.5. The number of benzene rings is 1. The van der Waals surface area contributed by atoms with Crippen LogP contribution in [0.1, 0.15) is 23.3 Å². The highest BCUT2D eigenvalue weighted by molar-refractivity contribution is 6.09. The van der Waals surface area contributed by atoms with Gasteiger partial charge in [-0.2, -0.15) is 0 Å². The van der Waals surface area contributed by atoms with Gasteiger partial charge in [0.15, 0.2) is 0 Å². The van der Waals surface area contributed by atoms with Crippen molar-refractivity contribution < 1.29 is 14.8 Å². The highest BCUT2D eigenvalue weighted by Gasteiger charge is 2.12. The van der Waals surface area contributed by atoms with Crippen LogP contribution in [-0.2, 0) is 11.9 Å². The molecule has 7 heteroatoms. The van der Waals surface area contributed by atoms with Crippen LogP contribution in [0.25, 0.3) is 21.8 Å². The summed E-state index contributed by atoms with van der Waals surface area (Å²) in [6.07, 6.45) is 3.22. The Kier molecular flexibility index (Phi) is 5.05. The number of nitrogens with zero attached hydrogens (tertiary/aromatic N) is 2. The van der Waals surface area contributed by atoms with Gasteiger partial charge in [-0.25, -0.2) is 4.98 Å². The molecule has 126 valence electrons. The number of amides is 1. The molecule has 3 aromatic rings. The van der Waals surface area contributed by atoms with Crippen molar-refractivity contribution in [1.29, 1.82) is 0 Å². The van der Waals surface area contributed by atoms with Crippen LogP contribution < -0.4 is 11.0 Å². The molecule has 0 unspecified atom stereocenters. The molecule has 1 amide bonds. The number of pyridine rings is 1. The maximum Gasteiger partial charge on any atom is 0.269 e. The molecule has 3 N–H and O–H groups in total. The van der Waals surface area contributed by atoms with Crippen LogP contribution in [0, 0.1) is 0 Å². The molecule has 0 aliphatic heterocycles. The van der Waals surface area contributed by atoms with Gasteiger partial charge in [0.1, 0.15) is 5.69 Å². The van der Waals surface area contributed by atoms with E-state index >= 15 is 0 Å². The van der Waals surface area contributed by atoms with Crippen LogP contribution in [0.4, 0.5) is 0 Å². The minimum Gasteiger partial charge on any atom is -0.351 e. The molecule has 2 heterocycles. The summed E-state index contributed by atoms with van der Waals surface area (Å²) < 4.78 is 2.08. The van der Waals surface area contributed by atoms with E-state index in [1.54, 1.807) is 11.8 Å². The number of hydrogen-bond donors (Lipinski definition) is 3. The van der Waals surface area contributed by atoms with E-state index in [0.29, 0.717) is 18.8 Å². The van der Waals surface area contributed by atoms with E-state index in [-0.39, 0.29) is 5.91 Å². The zero-order chi connectivity index (χ0) is 16.9. The molecule has 0 spiro atoms. The Labute approximate surface area is 139 Å². The minimum atomic E-state index is -0.189. The number of para-hydroxylation sites is 1. The smallest absolute Gasteiger partial charge is 0.269 e. The number of aryl methyl sites for hydroxylation is 1. The van der Waals surface area contributed by atoms with E-state index in [0.717, 1.165) is 34.6 Å². The first kappa shape index (κ1) is 16.4. The van der Waals surface area contributed by atoms with E-state index in [1.807, 2.05) is 25.2 Å². The summed E-state index contributed by atoms with van der Waals surface area (Å²) in [4.78, 5) is 21.1. The van der Waals surface area contributed by atoms with Gasteiger partial charge in [-0.15, -0.1) is 0 Å². The van der Waals surface area contributed by atoms with Gasteiger partial charge in [0.05, 0.1) is 18.3 Å². The molecule has 0 saturated carbocycles. The molecular weight excluding hydrogens is 308 g/mol. The number of carbonyl (C=O) groups excluding carboxylic acids is 1. The van der Waals surface area contributed by atoms with Gasteiger partial charge >= 0.3 is 0 Å². The predicted octanol–water partition coefficient (Wildman–Crippen LogP) is 2.15. The van der Waals surface area contributed by atoms with Crippen molar-refractivity contribution in [3.8, 4) is 0 Å². The van der Waals surface area contributed by atoms with Gasteiger partial charge < -0.3 is 9.88 Å². The highest BCUT2D eigenvalue weighted by Crippen LogP contribution is 2.27. The summed E-state index contributed by atoms with van der Waals surface area (Å²) in [5.74, 6) is -0.189. The second-order valence-corrected chi connectivity index (χ2v) is 5.57. The normalized spacial score (nSPS) is 11.2. The van der Waals surface area contributed by atoms with Crippen LogP contribution in [0.3, 0.4) is 0 Å². The van der Waals surface area contributed by atoms with E-state index in [9.17, 15) is 4.79 Å². The molecule has 0 saturated heterocycles. The standard InChI is InChI=1S/C17H20N4O3/c1-21-15-7-3-2-6-12(15)13-10-14(19-11-16(13)21)17(22)18-8-4-5-9-24-20-23/h2-3,6-7,10-11,20,23H,4-5,8-9H2,1H3,(H,18,22). The maximum absolute atomic E-state index is 12.3. The molecule has 1 aromatic carbocycles. The van der Waals surface area contributed by atoms with Gasteiger partial charge in [0.25, 0.3) is 5.91 Å². The SMILES string of the molecule is Cn1c2ccccc2c2cc(C(=O)NCCCCONO)ncc21. The van der Waals surface area contributed by atoms with Crippen molar-refractivity contribution in [2.45, 2.75) is 12.8 Å². The van der Waals surface area contributed by atoms with Crippen molar-refractivity contribution in [1.82, 2.24) is 20.5 Å². The van der Waals surface area contributed by atoms with Gasteiger partial charge in [0, 0.05) is 29.9 Å². The Morgan fingerprint density at radius 2 is 2.08 bits per heavy atom. The molecule has 0 aliphatic rings. The van der Waals surface area contributed by atoms with Crippen molar-refractivity contribution >= 4 is 27.7 Å². The van der Waals surface area contributed by atoms with Gasteiger partial charge in [0.2, 0.25) is 0 Å². The average Bonchev–Trinajstić information content (AvgIpc) is 2.90. The minimum absolute atomic E-state index is 0.189. The molecule has 24 heavy (non-hydrogen) atoms. The fourth-order valence-corrected chi connectivity index (χ4v) is 2.82. The van der Waals surface area contributed by atoms with E-state index < -0.39 is 0 Å². The van der Waals surface area contributed by atoms with Gasteiger partial charge in [-0.1, -0.05) is 23.8 Å². The Hall–Kier alpha value is -2.48. The number of fused-ring (bicyclic) bond motifs is 3. The molecule has 0 radical (unpaired) electrons. The van der Waals surface area contributed by atoms with Crippen LogP contribution in [-0.4, -0.2) is 33.8 Å². The lowest BCUT2D eigenvalue weighted by atomic mass is 10.1. The summed E-state index contributed by atoms with van der Waals surface area (Å²) in [6.45, 7) is 0.912. The molecular formula is C17H20N4O3. The van der Waals surface area contributed by atoms with Gasteiger partial charge in [-0.05, 0) is 25.0 Å². The summed E-state index contributed by atoms with van der Waals surface area (Å²) >= 11 is 0. The Morgan fingerprint density at radius 3 is 2.92 bits per heavy atom. The Balaban J connectivity index is 1.73. The van der Waals surface area contributed by atoms with Crippen LogP contribution in [0.15, 0.2) is 36.5 Å². The van der Waals surface area contributed by atoms with Crippen molar-refractivity contribution in [3.05, 3.63) is 42.2 Å². The first-order valence-corrected chi connectivity index (χ1v) is 7.84. The van der Waals surface area contributed by atoms with Crippen LogP contribution in [0.5, 0.6) is 0 Å². The lowest BCUT2D eigenvalue weighted by molar-refractivity contribution is -0.127. The number of nitrogens with one attached hydrogen (secondary N) is 2. The number of rotatable bonds is 7. The summed E-state index contributed by atoms with van der Waals surface area (Å²) in [6, 6.07) is 9.93. The summed E-state index contributed by atoms with van der Waals surface area (Å²) in [5, 5.41) is 13.3. The van der Waals surface area contributed by atoms with Crippen molar-refractivity contribution in [3.63, 3.8) is 0 Å². The molecule has 2 aromatic heterocycles. The Morgan fingerprint density at radius 1 is 1.25 bits per heavy atom. The molecule has 7 nitrogen and oxygen atoms in total. The fraction of sp³-hybridized carbons (Fsp3) is 0.294. The maximum atomic E-state index is 12.3. The second-order valence-electron chi connectivity index (χ2n) is 5.57. The highest BCUT2D eigenvalue weighted by atomic mass is 16.8. The van der Waals surface area contributed by atoms with Crippen LogP contribution >= 0.6 is 0 Å². The van der Waals surface area contributed by atoms with Crippen molar-refractivity contribution in [2.24, 2.45) is 7.05 Å². The number of unbranched alkanes of at least 4 members (excludes halogenated alkanes) is 1. The quantitative estimate of drug-likeness (QED) is 0.457. The first-order chi connectivity index (χ1) is 11.7. The van der Waals surface area contributed by atoms with E-state index in [1.165, 1.54) is 0 Å².